The van der Waals surface area contributed by atoms with Gasteiger partial charge in [-0.25, -0.2) is 0 Å². The number of hydrogen-bond donors (Lipinski definition) is 1. The van der Waals surface area contributed by atoms with E-state index in [9.17, 15) is 4.79 Å². The van der Waals surface area contributed by atoms with Crippen molar-refractivity contribution in [3.63, 3.8) is 0 Å². The third kappa shape index (κ3) is 8.72. The Labute approximate surface area is 236 Å². The molecule has 7 heteroatoms. The molecule has 0 bridgehead atoms. The van der Waals surface area contributed by atoms with Gasteiger partial charge < -0.3 is 14.6 Å². The number of carbonyl (C=O) groups is 1. The van der Waals surface area contributed by atoms with E-state index >= 15 is 0 Å². The van der Waals surface area contributed by atoms with Crippen molar-refractivity contribution in [1.82, 2.24) is 20.1 Å². The Morgan fingerprint density at radius 1 is 0.897 bits per heavy atom. The Bertz CT molecular complexity index is 1330. The highest BCUT2D eigenvalue weighted by molar-refractivity contribution is 7.98. The van der Waals surface area contributed by atoms with E-state index in [1.54, 1.807) is 18.9 Å². The zero-order chi connectivity index (χ0) is 27.5. The molecule has 0 radical (unpaired) electrons. The summed E-state index contributed by atoms with van der Waals surface area (Å²) in [5.41, 5.74) is 6.14. The van der Waals surface area contributed by atoms with Gasteiger partial charge in [0.25, 0.3) is 0 Å². The molecule has 0 fully saturated rings. The second kappa shape index (κ2) is 14.5. The van der Waals surface area contributed by atoms with Crippen molar-refractivity contribution < 1.29 is 9.53 Å². The van der Waals surface area contributed by atoms with Crippen LogP contribution in [0.15, 0.2) is 78.0 Å². The summed E-state index contributed by atoms with van der Waals surface area (Å²) in [6.07, 6.45) is 3.89. The van der Waals surface area contributed by atoms with Gasteiger partial charge >= 0.3 is 0 Å². The lowest BCUT2D eigenvalue weighted by atomic mass is 10.1. The van der Waals surface area contributed by atoms with Crippen LogP contribution in [0.4, 0.5) is 0 Å². The van der Waals surface area contributed by atoms with Crippen LogP contribution in [0.25, 0.3) is 0 Å². The van der Waals surface area contributed by atoms with Crippen LogP contribution in [0.5, 0.6) is 5.75 Å². The first-order chi connectivity index (χ1) is 19.0. The fourth-order valence-corrected chi connectivity index (χ4v) is 5.63. The Morgan fingerprint density at radius 3 is 2.41 bits per heavy atom. The standard InChI is InChI=1S/C32H38N4O2S/c1-24-19-25(2)21-27(20-24)23-39-32-35-34-30(36(32)18-17-26-11-5-4-6-12-26)15-9-10-16-31(37)33-22-28-13-7-8-14-29(28)38-3/h4-8,11-14,19-21H,9-10,15-18,22-23H2,1-3H3,(H,33,37). The van der Waals surface area contributed by atoms with Crippen LogP contribution in [-0.4, -0.2) is 27.8 Å². The Hall–Kier alpha value is -3.58. The fourth-order valence-electron chi connectivity index (χ4n) is 4.72. The average Bonchev–Trinajstić information content (AvgIpc) is 3.33. The first-order valence-corrected chi connectivity index (χ1v) is 14.5. The SMILES string of the molecule is COc1ccccc1CNC(=O)CCCCc1nnc(SCc2cc(C)cc(C)c2)n1CCc1ccccc1. The van der Waals surface area contributed by atoms with Crippen molar-refractivity contribution in [2.75, 3.05) is 7.11 Å². The fraction of sp³-hybridized carbons (Fsp3) is 0.344. The molecule has 204 valence electrons. The number of hydrogen-bond acceptors (Lipinski definition) is 5. The number of carbonyl (C=O) groups excluding carboxylic acids is 1. The van der Waals surface area contributed by atoms with Crippen molar-refractivity contribution >= 4 is 17.7 Å². The molecule has 0 unspecified atom stereocenters. The van der Waals surface area contributed by atoms with Gasteiger partial charge in [0.2, 0.25) is 5.91 Å². The van der Waals surface area contributed by atoms with Gasteiger partial charge in [-0.3, -0.25) is 4.79 Å². The van der Waals surface area contributed by atoms with E-state index < -0.39 is 0 Å². The summed E-state index contributed by atoms with van der Waals surface area (Å²) in [6.45, 7) is 5.58. The molecule has 0 aliphatic rings. The maximum atomic E-state index is 12.4. The summed E-state index contributed by atoms with van der Waals surface area (Å²) in [4.78, 5) is 12.4. The predicted molar refractivity (Wildman–Crippen MR) is 158 cm³/mol. The Morgan fingerprint density at radius 2 is 1.64 bits per heavy atom. The second-order valence-corrected chi connectivity index (χ2v) is 10.8. The van der Waals surface area contributed by atoms with Crippen LogP contribution in [0, 0.1) is 13.8 Å². The van der Waals surface area contributed by atoms with Crippen LogP contribution < -0.4 is 10.1 Å². The van der Waals surface area contributed by atoms with Crippen molar-refractivity contribution in [3.8, 4) is 5.75 Å². The van der Waals surface area contributed by atoms with E-state index in [2.05, 4.69) is 76.4 Å². The third-order valence-electron chi connectivity index (χ3n) is 6.63. The average molecular weight is 543 g/mol. The Balaban J connectivity index is 1.32. The molecular formula is C32H38N4O2S. The van der Waals surface area contributed by atoms with E-state index in [1.807, 2.05) is 30.3 Å². The number of unbranched alkanes of at least 4 members (excludes halogenated alkanes) is 1. The minimum atomic E-state index is 0.0520. The van der Waals surface area contributed by atoms with Crippen LogP contribution in [0.2, 0.25) is 0 Å². The molecule has 6 nitrogen and oxygen atoms in total. The number of ether oxygens (including phenoxy) is 1. The Kier molecular flexibility index (Phi) is 10.6. The third-order valence-corrected chi connectivity index (χ3v) is 7.67. The molecule has 4 rings (SSSR count). The van der Waals surface area contributed by atoms with Crippen LogP contribution >= 0.6 is 11.8 Å². The molecular weight excluding hydrogens is 504 g/mol. The summed E-state index contributed by atoms with van der Waals surface area (Å²) in [6, 6.07) is 25.0. The minimum absolute atomic E-state index is 0.0520. The van der Waals surface area contributed by atoms with E-state index in [1.165, 1.54) is 22.3 Å². The van der Waals surface area contributed by atoms with Gasteiger partial charge in [-0.15, -0.1) is 10.2 Å². The molecule has 0 aliphatic heterocycles. The van der Waals surface area contributed by atoms with Gasteiger partial charge in [0.15, 0.2) is 5.16 Å². The lowest BCUT2D eigenvalue weighted by Gasteiger charge is -2.11. The van der Waals surface area contributed by atoms with E-state index in [-0.39, 0.29) is 5.91 Å². The summed E-state index contributed by atoms with van der Waals surface area (Å²) in [5.74, 6) is 2.69. The summed E-state index contributed by atoms with van der Waals surface area (Å²) in [5, 5.41) is 13.1. The number of amides is 1. The van der Waals surface area contributed by atoms with Gasteiger partial charge in [-0.2, -0.15) is 0 Å². The molecule has 39 heavy (non-hydrogen) atoms. The van der Waals surface area contributed by atoms with E-state index in [4.69, 9.17) is 4.74 Å². The molecule has 1 aromatic heterocycles. The molecule has 0 saturated carbocycles. The summed E-state index contributed by atoms with van der Waals surface area (Å²) >= 11 is 1.74. The van der Waals surface area contributed by atoms with Crippen molar-refractivity contribution in [3.05, 3.63) is 106 Å². The first kappa shape index (κ1) is 28.4. The van der Waals surface area contributed by atoms with Gasteiger partial charge in [0.1, 0.15) is 11.6 Å². The zero-order valence-corrected chi connectivity index (χ0v) is 24.0. The van der Waals surface area contributed by atoms with Gasteiger partial charge in [0, 0.05) is 37.2 Å². The first-order valence-electron chi connectivity index (χ1n) is 13.6. The monoisotopic (exact) mass is 542 g/mol. The predicted octanol–water partition coefficient (Wildman–Crippen LogP) is 6.47. The van der Waals surface area contributed by atoms with Crippen molar-refractivity contribution in [2.24, 2.45) is 0 Å². The molecule has 0 saturated heterocycles. The van der Waals surface area contributed by atoms with Crippen molar-refractivity contribution in [1.29, 1.82) is 0 Å². The van der Waals surface area contributed by atoms with Gasteiger partial charge in [-0.1, -0.05) is 89.6 Å². The maximum Gasteiger partial charge on any atom is 0.220 e. The minimum Gasteiger partial charge on any atom is -0.496 e. The van der Waals surface area contributed by atoms with Crippen LogP contribution in [-0.2, 0) is 36.5 Å². The normalized spacial score (nSPS) is 10.9. The number of nitrogens with zero attached hydrogens (tertiary/aromatic N) is 3. The number of methoxy groups -OCH3 is 1. The number of benzene rings is 3. The molecule has 1 amide bonds. The molecule has 0 aliphatic carbocycles. The highest BCUT2D eigenvalue weighted by Gasteiger charge is 2.14. The van der Waals surface area contributed by atoms with Crippen LogP contribution in [0.3, 0.4) is 0 Å². The molecule has 1 heterocycles. The number of rotatable bonds is 14. The van der Waals surface area contributed by atoms with Crippen molar-refractivity contribution in [2.45, 2.75) is 70.0 Å². The van der Waals surface area contributed by atoms with E-state index in [0.717, 1.165) is 60.3 Å². The molecule has 4 aromatic rings. The second-order valence-electron chi connectivity index (χ2n) is 9.87. The van der Waals surface area contributed by atoms with Crippen LogP contribution in [0.1, 0.15) is 52.9 Å². The number of aryl methyl sites for hydroxylation is 4. The topological polar surface area (TPSA) is 69.0 Å². The molecule has 1 N–H and O–H groups in total. The maximum absolute atomic E-state index is 12.4. The highest BCUT2D eigenvalue weighted by Crippen LogP contribution is 2.24. The van der Waals surface area contributed by atoms with Gasteiger partial charge in [-0.05, 0) is 50.3 Å². The molecule has 3 aromatic carbocycles. The summed E-state index contributed by atoms with van der Waals surface area (Å²) < 4.78 is 7.64. The number of para-hydroxylation sites is 1. The van der Waals surface area contributed by atoms with Gasteiger partial charge in [0.05, 0.1) is 7.11 Å². The highest BCUT2D eigenvalue weighted by atomic mass is 32.2. The largest absolute Gasteiger partial charge is 0.496 e. The quantitative estimate of drug-likeness (QED) is 0.146. The number of aromatic nitrogens is 3. The summed E-state index contributed by atoms with van der Waals surface area (Å²) in [7, 11) is 1.65. The zero-order valence-electron chi connectivity index (χ0n) is 23.2. The van der Waals surface area contributed by atoms with E-state index in [0.29, 0.717) is 13.0 Å². The number of thioether (sulfide) groups is 1. The number of nitrogens with one attached hydrogen (secondary N) is 1. The molecule has 0 spiro atoms. The lowest BCUT2D eigenvalue weighted by Crippen LogP contribution is -2.22. The smallest absolute Gasteiger partial charge is 0.220 e. The lowest BCUT2D eigenvalue weighted by molar-refractivity contribution is -0.121. The molecule has 0 atom stereocenters.